The predicted molar refractivity (Wildman–Crippen MR) is 67.8 cm³/mol. The lowest BCUT2D eigenvalue weighted by atomic mass is 10.3. The maximum Gasteiger partial charge on any atom is 0.434 e. The maximum absolute atomic E-state index is 12.9. The minimum atomic E-state index is -4.39. The second-order valence-corrected chi connectivity index (χ2v) is 5.58. The van der Waals surface area contributed by atoms with Crippen molar-refractivity contribution in [2.75, 3.05) is 6.54 Å². The zero-order valence-corrected chi connectivity index (χ0v) is 11.2. The van der Waals surface area contributed by atoms with E-state index >= 15 is 0 Å². The van der Waals surface area contributed by atoms with Crippen LogP contribution in [0.5, 0.6) is 0 Å². The van der Waals surface area contributed by atoms with Crippen molar-refractivity contribution in [3.8, 4) is 9.88 Å². The summed E-state index contributed by atoms with van der Waals surface area (Å²) in [6, 6.07) is 3.58. The van der Waals surface area contributed by atoms with E-state index in [0.717, 1.165) is 16.2 Å². The molecule has 0 spiro atoms. The van der Waals surface area contributed by atoms with Gasteiger partial charge in [0.2, 0.25) is 0 Å². The van der Waals surface area contributed by atoms with E-state index in [0.29, 0.717) is 11.6 Å². The normalized spacial score (nSPS) is 12.0. The number of nitrogens with zero attached hydrogens (tertiary/aromatic N) is 1. The fourth-order valence-corrected chi connectivity index (χ4v) is 3.29. The molecule has 2 heterocycles. The number of aromatic nitrogens is 1. The number of halogens is 3. The number of hydrogen-bond donors (Lipinski definition) is 1. The third kappa shape index (κ3) is 2.90. The van der Waals surface area contributed by atoms with Crippen LogP contribution >= 0.6 is 22.7 Å². The third-order valence-corrected chi connectivity index (χ3v) is 4.33. The number of hydrogen-bond acceptors (Lipinski definition) is 4. The molecule has 2 rings (SSSR count). The Bertz CT molecular complexity index is 503. The molecule has 2 aromatic rings. The summed E-state index contributed by atoms with van der Waals surface area (Å²) in [6.07, 6.45) is -4.39. The van der Waals surface area contributed by atoms with Gasteiger partial charge in [-0.1, -0.05) is 13.0 Å². The summed E-state index contributed by atoms with van der Waals surface area (Å²) in [7, 11) is 0. The quantitative estimate of drug-likeness (QED) is 0.921. The van der Waals surface area contributed by atoms with Gasteiger partial charge in [-0.25, -0.2) is 4.98 Å². The largest absolute Gasteiger partial charge is 0.434 e. The van der Waals surface area contributed by atoms with Crippen molar-refractivity contribution in [2.45, 2.75) is 19.6 Å². The van der Waals surface area contributed by atoms with Crippen LogP contribution in [0.3, 0.4) is 0 Å². The zero-order valence-electron chi connectivity index (χ0n) is 9.54. The number of nitrogens with one attached hydrogen (secondary N) is 1. The molecule has 0 aliphatic heterocycles. The average molecular weight is 292 g/mol. The van der Waals surface area contributed by atoms with E-state index < -0.39 is 11.9 Å². The fourth-order valence-electron chi connectivity index (χ4n) is 1.44. The predicted octanol–water partition coefficient (Wildman–Crippen LogP) is 4.00. The topological polar surface area (TPSA) is 24.9 Å². The van der Waals surface area contributed by atoms with Gasteiger partial charge < -0.3 is 5.32 Å². The Morgan fingerprint density at radius 1 is 1.39 bits per heavy atom. The summed E-state index contributed by atoms with van der Waals surface area (Å²) in [6.45, 7) is 2.69. The smallest absolute Gasteiger partial charge is 0.312 e. The second kappa shape index (κ2) is 5.38. The molecular weight excluding hydrogens is 281 g/mol. The first-order valence-electron chi connectivity index (χ1n) is 5.34. The fraction of sp³-hybridized carbons (Fsp3) is 0.364. The summed E-state index contributed by atoms with van der Waals surface area (Å²) >= 11 is 2.49. The van der Waals surface area contributed by atoms with Crippen LogP contribution in [0.2, 0.25) is 0 Å². The van der Waals surface area contributed by atoms with Gasteiger partial charge in [-0.3, -0.25) is 0 Å². The molecule has 0 bridgehead atoms. The molecule has 0 aromatic carbocycles. The lowest BCUT2D eigenvalue weighted by molar-refractivity contribution is -0.141. The van der Waals surface area contributed by atoms with Crippen LogP contribution in [0.4, 0.5) is 13.2 Å². The molecular formula is C11H11F3N2S2. The number of thiophene rings is 1. The number of alkyl halides is 3. The molecule has 0 amide bonds. The van der Waals surface area contributed by atoms with Gasteiger partial charge in [0.1, 0.15) is 5.01 Å². The molecule has 18 heavy (non-hydrogen) atoms. The Morgan fingerprint density at radius 2 is 2.17 bits per heavy atom. The maximum atomic E-state index is 12.9. The molecule has 0 aliphatic carbocycles. The van der Waals surface area contributed by atoms with Gasteiger partial charge in [-0.2, -0.15) is 13.2 Å². The van der Waals surface area contributed by atoms with Crippen LogP contribution in [-0.4, -0.2) is 11.5 Å². The Labute approximate surface area is 110 Å². The Balaban J connectivity index is 2.38. The van der Waals surface area contributed by atoms with Gasteiger partial charge >= 0.3 is 6.18 Å². The molecule has 0 unspecified atom stereocenters. The van der Waals surface area contributed by atoms with Gasteiger partial charge in [0.25, 0.3) is 0 Å². The molecule has 1 N–H and O–H groups in total. The average Bonchev–Trinajstić information content (AvgIpc) is 2.93. The van der Waals surface area contributed by atoms with Crippen molar-refractivity contribution >= 4 is 22.7 Å². The van der Waals surface area contributed by atoms with Crippen LogP contribution < -0.4 is 5.32 Å². The summed E-state index contributed by atoms with van der Waals surface area (Å²) in [5.41, 5.74) is -0.767. The highest BCUT2D eigenvalue weighted by molar-refractivity contribution is 7.21. The minimum Gasteiger partial charge on any atom is -0.312 e. The van der Waals surface area contributed by atoms with E-state index in [4.69, 9.17) is 0 Å². The van der Waals surface area contributed by atoms with Gasteiger partial charge in [-0.05, 0) is 18.0 Å². The standard InChI is InChI=1S/C11H11F3N2S2/c1-2-15-6-8-9(11(12,13)14)16-10(18-8)7-4-3-5-17-7/h3-5,15H,2,6H2,1H3. The van der Waals surface area contributed by atoms with E-state index in [1.807, 2.05) is 12.3 Å². The molecule has 0 radical (unpaired) electrons. The number of thiazole rings is 1. The lowest BCUT2D eigenvalue weighted by Crippen LogP contribution is -2.15. The van der Waals surface area contributed by atoms with Crippen LogP contribution in [0.25, 0.3) is 9.88 Å². The van der Waals surface area contributed by atoms with E-state index in [-0.39, 0.29) is 11.4 Å². The van der Waals surface area contributed by atoms with Crippen molar-refractivity contribution in [1.82, 2.24) is 10.3 Å². The SMILES string of the molecule is CCNCc1sc(-c2cccs2)nc1C(F)(F)F. The molecule has 2 nitrogen and oxygen atoms in total. The molecule has 98 valence electrons. The van der Waals surface area contributed by atoms with Crippen molar-refractivity contribution in [1.29, 1.82) is 0 Å². The van der Waals surface area contributed by atoms with E-state index in [1.165, 1.54) is 11.3 Å². The third-order valence-electron chi connectivity index (χ3n) is 2.23. The monoisotopic (exact) mass is 292 g/mol. The molecule has 0 atom stereocenters. The zero-order chi connectivity index (χ0) is 13.2. The van der Waals surface area contributed by atoms with Crippen LogP contribution in [-0.2, 0) is 12.7 Å². The highest BCUT2D eigenvalue weighted by Gasteiger charge is 2.37. The van der Waals surface area contributed by atoms with Crippen molar-refractivity contribution in [2.24, 2.45) is 0 Å². The summed E-state index contributed by atoms with van der Waals surface area (Å²) in [5.74, 6) is 0. The van der Waals surface area contributed by atoms with E-state index in [1.54, 1.807) is 12.1 Å². The molecule has 2 aromatic heterocycles. The minimum absolute atomic E-state index is 0.203. The van der Waals surface area contributed by atoms with Crippen molar-refractivity contribution in [3.63, 3.8) is 0 Å². The van der Waals surface area contributed by atoms with E-state index in [2.05, 4.69) is 10.3 Å². The Kier molecular flexibility index (Phi) is 4.04. The van der Waals surface area contributed by atoms with Gasteiger partial charge in [-0.15, -0.1) is 22.7 Å². The van der Waals surface area contributed by atoms with Crippen LogP contribution in [0, 0.1) is 0 Å². The van der Waals surface area contributed by atoms with E-state index in [9.17, 15) is 13.2 Å². The lowest BCUT2D eigenvalue weighted by Gasteiger charge is -2.05. The van der Waals surface area contributed by atoms with Gasteiger partial charge in [0.15, 0.2) is 5.69 Å². The van der Waals surface area contributed by atoms with Gasteiger partial charge in [0, 0.05) is 6.54 Å². The van der Waals surface area contributed by atoms with Crippen LogP contribution in [0.15, 0.2) is 17.5 Å². The van der Waals surface area contributed by atoms with Gasteiger partial charge in [0.05, 0.1) is 9.75 Å². The molecule has 0 saturated heterocycles. The molecule has 7 heteroatoms. The molecule has 0 aliphatic rings. The highest BCUT2D eigenvalue weighted by Crippen LogP contribution is 2.38. The first-order valence-corrected chi connectivity index (χ1v) is 7.03. The highest BCUT2D eigenvalue weighted by atomic mass is 32.1. The number of rotatable bonds is 4. The van der Waals surface area contributed by atoms with Crippen molar-refractivity contribution in [3.05, 3.63) is 28.1 Å². The second-order valence-electron chi connectivity index (χ2n) is 3.55. The summed E-state index contributed by atoms with van der Waals surface area (Å²) in [4.78, 5) is 4.76. The Morgan fingerprint density at radius 3 is 2.72 bits per heavy atom. The first-order chi connectivity index (χ1) is 8.52. The van der Waals surface area contributed by atoms with Crippen LogP contribution in [0.1, 0.15) is 17.5 Å². The Hall–Kier alpha value is -0.920. The van der Waals surface area contributed by atoms with Crippen molar-refractivity contribution < 1.29 is 13.2 Å². The molecule has 0 saturated carbocycles. The summed E-state index contributed by atoms with van der Waals surface area (Å²) < 4.78 is 38.6. The first kappa shape index (κ1) is 13.5. The summed E-state index contributed by atoms with van der Waals surface area (Å²) in [5, 5.41) is 5.17. The molecule has 0 fully saturated rings.